The molecule has 0 saturated heterocycles. The highest BCUT2D eigenvalue weighted by Crippen LogP contribution is 2.44. The van der Waals surface area contributed by atoms with Crippen LogP contribution in [0.2, 0.25) is 5.02 Å². The van der Waals surface area contributed by atoms with Gasteiger partial charge in [0.15, 0.2) is 0 Å². The summed E-state index contributed by atoms with van der Waals surface area (Å²) in [6, 6.07) is 10.9. The number of benzene rings is 2. The molecule has 1 aromatic heterocycles. The molecular formula is C16H10ClF3O. The van der Waals surface area contributed by atoms with Gasteiger partial charge in [0.2, 0.25) is 0 Å². The van der Waals surface area contributed by atoms with Gasteiger partial charge in [-0.15, -0.1) is 0 Å². The first-order valence-electron chi connectivity index (χ1n) is 6.22. The molecule has 5 heteroatoms. The molecule has 1 heterocycles. The highest BCUT2D eigenvalue weighted by Gasteiger charge is 2.38. The molecule has 1 nitrogen and oxygen atoms in total. The van der Waals surface area contributed by atoms with Crippen molar-refractivity contribution >= 4 is 22.6 Å². The molecule has 0 aliphatic carbocycles. The molecule has 0 fully saturated rings. The summed E-state index contributed by atoms with van der Waals surface area (Å²) >= 11 is 5.78. The summed E-state index contributed by atoms with van der Waals surface area (Å²) in [5, 5.41) is 0.534. The van der Waals surface area contributed by atoms with Crippen LogP contribution in [0.4, 0.5) is 13.2 Å². The third-order valence-electron chi connectivity index (χ3n) is 3.23. The second-order valence-corrected chi connectivity index (χ2v) is 5.25. The molecule has 0 bridgehead atoms. The van der Waals surface area contributed by atoms with Gasteiger partial charge < -0.3 is 4.42 Å². The van der Waals surface area contributed by atoms with Crippen LogP contribution in [0.25, 0.3) is 22.3 Å². The Bertz CT molecular complexity index is 801. The van der Waals surface area contributed by atoms with Crippen molar-refractivity contribution in [1.82, 2.24) is 0 Å². The van der Waals surface area contributed by atoms with E-state index in [-0.39, 0.29) is 16.7 Å². The fourth-order valence-electron chi connectivity index (χ4n) is 2.30. The summed E-state index contributed by atoms with van der Waals surface area (Å²) in [5.74, 6) is -0.181. The van der Waals surface area contributed by atoms with E-state index in [1.165, 1.54) is 30.3 Å². The summed E-state index contributed by atoms with van der Waals surface area (Å²) in [7, 11) is 0. The molecule has 0 unspecified atom stereocenters. The Balaban J connectivity index is 2.34. The smallest absolute Gasteiger partial charge is 0.420 e. The van der Waals surface area contributed by atoms with Crippen LogP contribution in [0.5, 0.6) is 0 Å². The molecule has 0 saturated carbocycles. The Hall–Kier alpha value is -1.94. The highest BCUT2D eigenvalue weighted by molar-refractivity contribution is 6.30. The summed E-state index contributed by atoms with van der Waals surface area (Å²) in [6.07, 6.45) is -4.49. The van der Waals surface area contributed by atoms with Crippen molar-refractivity contribution in [2.24, 2.45) is 0 Å². The predicted molar refractivity (Wildman–Crippen MR) is 76.4 cm³/mol. The van der Waals surface area contributed by atoms with E-state index >= 15 is 0 Å². The lowest BCUT2D eigenvalue weighted by Gasteiger charge is -2.07. The molecular weight excluding hydrogens is 301 g/mol. The number of furan rings is 1. The Morgan fingerprint density at radius 3 is 2.29 bits per heavy atom. The van der Waals surface area contributed by atoms with Gasteiger partial charge in [0.25, 0.3) is 0 Å². The molecule has 3 rings (SSSR count). The first-order valence-corrected chi connectivity index (χ1v) is 6.60. The fraction of sp³-hybridized carbons (Fsp3) is 0.125. The van der Waals surface area contributed by atoms with E-state index < -0.39 is 11.7 Å². The zero-order chi connectivity index (χ0) is 15.2. The van der Waals surface area contributed by atoms with Crippen LogP contribution in [-0.4, -0.2) is 0 Å². The van der Waals surface area contributed by atoms with Crippen LogP contribution >= 0.6 is 11.6 Å². The summed E-state index contributed by atoms with van der Waals surface area (Å²) < 4.78 is 45.7. The fourth-order valence-corrected chi connectivity index (χ4v) is 2.42. The summed E-state index contributed by atoms with van der Waals surface area (Å²) in [6.45, 7) is 1.74. The van der Waals surface area contributed by atoms with Crippen LogP contribution in [0.15, 0.2) is 46.9 Å². The molecule has 0 spiro atoms. The second kappa shape index (κ2) is 4.81. The van der Waals surface area contributed by atoms with Gasteiger partial charge in [-0.1, -0.05) is 23.2 Å². The number of fused-ring (bicyclic) bond motifs is 1. The lowest BCUT2D eigenvalue weighted by Crippen LogP contribution is -2.05. The van der Waals surface area contributed by atoms with Crippen LogP contribution in [-0.2, 0) is 6.18 Å². The average Bonchev–Trinajstić information content (AvgIpc) is 2.77. The van der Waals surface area contributed by atoms with E-state index in [0.717, 1.165) is 5.56 Å². The molecule has 0 atom stereocenters. The molecule has 0 aliphatic rings. The number of aryl methyl sites for hydroxylation is 1. The highest BCUT2D eigenvalue weighted by atomic mass is 35.5. The van der Waals surface area contributed by atoms with Crippen molar-refractivity contribution in [3.8, 4) is 11.3 Å². The maximum atomic E-state index is 13.4. The molecule has 0 radical (unpaired) electrons. The molecule has 0 N–H and O–H groups in total. The normalized spacial score (nSPS) is 12.0. The molecule has 21 heavy (non-hydrogen) atoms. The summed E-state index contributed by atoms with van der Waals surface area (Å²) in [4.78, 5) is 0. The van der Waals surface area contributed by atoms with Gasteiger partial charge in [0.1, 0.15) is 16.9 Å². The van der Waals surface area contributed by atoms with Crippen molar-refractivity contribution in [2.45, 2.75) is 13.1 Å². The van der Waals surface area contributed by atoms with Gasteiger partial charge in [-0.3, -0.25) is 0 Å². The van der Waals surface area contributed by atoms with Gasteiger partial charge in [-0.05, 0) is 43.3 Å². The van der Waals surface area contributed by atoms with E-state index in [2.05, 4.69) is 0 Å². The summed E-state index contributed by atoms with van der Waals surface area (Å²) in [5.41, 5.74) is 0.568. The number of alkyl halides is 3. The van der Waals surface area contributed by atoms with Crippen molar-refractivity contribution in [3.05, 3.63) is 58.6 Å². The minimum Gasteiger partial charge on any atom is -0.455 e. The van der Waals surface area contributed by atoms with Gasteiger partial charge in [0, 0.05) is 16.0 Å². The minimum absolute atomic E-state index is 0.0763. The van der Waals surface area contributed by atoms with Gasteiger partial charge in [0.05, 0.1) is 0 Å². The number of hydrogen-bond acceptors (Lipinski definition) is 1. The third-order valence-corrected chi connectivity index (χ3v) is 3.49. The number of rotatable bonds is 1. The van der Waals surface area contributed by atoms with Crippen LogP contribution in [0, 0.1) is 6.92 Å². The topological polar surface area (TPSA) is 13.1 Å². The van der Waals surface area contributed by atoms with Gasteiger partial charge in [-0.2, -0.15) is 13.2 Å². The van der Waals surface area contributed by atoms with Crippen LogP contribution in [0.1, 0.15) is 11.1 Å². The third kappa shape index (κ3) is 2.51. The van der Waals surface area contributed by atoms with Crippen molar-refractivity contribution in [2.75, 3.05) is 0 Å². The Morgan fingerprint density at radius 2 is 1.67 bits per heavy atom. The maximum absolute atomic E-state index is 13.4. The van der Waals surface area contributed by atoms with Crippen LogP contribution < -0.4 is 0 Å². The first kappa shape index (κ1) is 14.0. The molecule has 2 aromatic carbocycles. The van der Waals surface area contributed by atoms with E-state index in [0.29, 0.717) is 10.6 Å². The maximum Gasteiger partial charge on any atom is 0.420 e. The molecule has 0 aliphatic heterocycles. The Labute approximate surface area is 123 Å². The standard InChI is InChI=1S/C16H10ClF3O/c1-9-2-7-13-12(8-9)14(16(18,19)20)15(21-13)10-3-5-11(17)6-4-10/h2-8H,1H3. The molecule has 0 amide bonds. The van der Waals surface area contributed by atoms with Crippen molar-refractivity contribution < 1.29 is 17.6 Å². The van der Waals surface area contributed by atoms with Crippen LogP contribution in [0.3, 0.4) is 0 Å². The lowest BCUT2D eigenvalue weighted by molar-refractivity contribution is -0.136. The lowest BCUT2D eigenvalue weighted by atomic mass is 10.0. The number of hydrogen-bond donors (Lipinski definition) is 0. The van der Waals surface area contributed by atoms with E-state index in [9.17, 15) is 13.2 Å². The van der Waals surface area contributed by atoms with Crippen molar-refractivity contribution in [3.63, 3.8) is 0 Å². The molecule has 108 valence electrons. The first-order chi connectivity index (χ1) is 9.86. The zero-order valence-corrected chi connectivity index (χ0v) is 11.7. The number of halogens is 4. The molecule has 3 aromatic rings. The largest absolute Gasteiger partial charge is 0.455 e. The zero-order valence-electron chi connectivity index (χ0n) is 11.0. The second-order valence-electron chi connectivity index (χ2n) is 4.81. The SMILES string of the molecule is Cc1ccc2oc(-c3ccc(Cl)cc3)c(C(F)(F)F)c2c1. The Kier molecular flexibility index (Phi) is 3.21. The van der Waals surface area contributed by atoms with Gasteiger partial charge in [-0.25, -0.2) is 0 Å². The predicted octanol–water partition coefficient (Wildman–Crippen LogP) is 6.08. The van der Waals surface area contributed by atoms with Gasteiger partial charge >= 0.3 is 6.18 Å². The minimum atomic E-state index is -4.49. The quantitative estimate of drug-likeness (QED) is 0.531. The monoisotopic (exact) mass is 310 g/mol. The van der Waals surface area contributed by atoms with E-state index in [4.69, 9.17) is 16.0 Å². The average molecular weight is 311 g/mol. The van der Waals surface area contributed by atoms with Crippen molar-refractivity contribution in [1.29, 1.82) is 0 Å². The van der Waals surface area contributed by atoms with E-state index in [1.807, 2.05) is 0 Å². The Morgan fingerprint density at radius 1 is 1.00 bits per heavy atom. The van der Waals surface area contributed by atoms with E-state index in [1.54, 1.807) is 19.1 Å².